The molecule has 108 valence electrons. The summed E-state index contributed by atoms with van der Waals surface area (Å²) in [5, 5.41) is 2.56. The number of nitrogens with two attached hydrogens (primary N) is 1. The van der Waals surface area contributed by atoms with E-state index in [9.17, 15) is 9.18 Å². The third-order valence-electron chi connectivity index (χ3n) is 2.83. The Morgan fingerprint density at radius 1 is 1.50 bits per heavy atom. The number of nitrogens with one attached hydrogen (secondary N) is 1. The molecule has 0 atom stereocenters. The van der Waals surface area contributed by atoms with Crippen LogP contribution in [0.2, 0.25) is 0 Å². The van der Waals surface area contributed by atoms with Gasteiger partial charge in [0, 0.05) is 37.7 Å². The average molecular weight is 277 g/mol. The van der Waals surface area contributed by atoms with Crippen molar-refractivity contribution in [1.82, 2.24) is 10.2 Å². The highest BCUT2D eigenvalue weighted by Crippen LogP contribution is 2.12. The normalized spacial score (nSPS) is 10.1. The lowest BCUT2D eigenvalue weighted by molar-refractivity contribution is -0.120. The van der Waals surface area contributed by atoms with Crippen LogP contribution in [0.25, 0.3) is 0 Å². The maximum Gasteiger partial charge on any atom is 0.221 e. The van der Waals surface area contributed by atoms with Gasteiger partial charge in [-0.1, -0.05) is 17.9 Å². The molecule has 1 rings (SSSR count). The van der Waals surface area contributed by atoms with E-state index < -0.39 is 0 Å². The van der Waals surface area contributed by atoms with Crippen molar-refractivity contribution in [3.63, 3.8) is 0 Å². The zero-order valence-electron chi connectivity index (χ0n) is 11.9. The van der Waals surface area contributed by atoms with Crippen LogP contribution in [0.5, 0.6) is 0 Å². The molecule has 0 aliphatic heterocycles. The molecule has 0 unspecified atom stereocenters. The number of hydrogen-bond acceptors (Lipinski definition) is 3. The van der Waals surface area contributed by atoms with Gasteiger partial charge < -0.3 is 16.0 Å². The molecular weight excluding hydrogens is 257 g/mol. The predicted molar refractivity (Wildman–Crippen MR) is 77.4 cm³/mol. The standard InChI is InChI=1S/C15H20FN3O/c1-18-15(20)7-9-19(2)11-13-6-5-12(4-3-8-17)10-14(13)16/h5-6,10H,7-9,11,17H2,1-2H3,(H,18,20). The minimum atomic E-state index is -0.291. The molecule has 0 saturated heterocycles. The van der Waals surface area contributed by atoms with E-state index in [0.29, 0.717) is 30.6 Å². The number of amides is 1. The molecule has 0 spiro atoms. The van der Waals surface area contributed by atoms with Gasteiger partial charge in [-0.3, -0.25) is 4.79 Å². The van der Waals surface area contributed by atoms with E-state index in [2.05, 4.69) is 17.2 Å². The first-order valence-electron chi connectivity index (χ1n) is 6.43. The second kappa shape index (κ2) is 8.31. The fourth-order valence-electron chi connectivity index (χ4n) is 1.69. The number of rotatable bonds is 5. The number of nitrogens with zero attached hydrogens (tertiary/aromatic N) is 1. The molecule has 0 heterocycles. The van der Waals surface area contributed by atoms with Crippen LogP contribution in [-0.2, 0) is 11.3 Å². The van der Waals surface area contributed by atoms with Crippen molar-refractivity contribution in [1.29, 1.82) is 0 Å². The van der Waals surface area contributed by atoms with Gasteiger partial charge in [-0.25, -0.2) is 4.39 Å². The molecule has 0 saturated carbocycles. The van der Waals surface area contributed by atoms with E-state index in [1.54, 1.807) is 19.2 Å². The summed E-state index contributed by atoms with van der Waals surface area (Å²) in [6.07, 6.45) is 0.397. The monoisotopic (exact) mass is 277 g/mol. The van der Waals surface area contributed by atoms with E-state index in [1.165, 1.54) is 6.07 Å². The molecule has 0 radical (unpaired) electrons. The zero-order valence-corrected chi connectivity index (χ0v) is 11.9. The zero-order chi connectivity index (χ0) is 15.0. The van der Waals surface area contributed by atoms with Crippen LogP contribution in [0.3, 0.4) is 0 Å². The van der Waals surface area contributed by atoms with Gasteiger partial charge in [0.05, 0.1) is 6.54 Å². The summed E-state index contributed by atoms with van der Waals surface area (Å²) >= 11 is 0. The number of carbonyl (C=O) groups excluding carboxylic acids is 1. The van der Waals surface area contributed by atoms with Gasteiger partial charge in [0.25, 0.3) is 0 Å². The Hall–Kier alpha value is -1.90. The van der Waals surface area contributed by atoms with Gasteiger partial charge in [-0.2, -0.15) is 0 Å². The van der Waals surface area contributed by atoms with Gasteiger partial charge in [-0.15, -0.1) is 0 Å². The summed E-state index contributed by atoms with van der Waals surface area (Å²) in [7, 11) is 3.45. The second-order valence-electron chi connectivity index (χ2n) is 4.47. The van der Waals surface area contributed by atoms with Gasteiger partial charge in [0.2, 0.25) is 5.91 Å². The van der Waals surface area contributed by atoms with Crippen LogP contribution < -0.4 is 11.1 Å². The third kappa shape index (κ3) is 5.39. The molecule has 3 N–H and O–H groups in total. The third-order valence-corrected chi connectivity index (χ3v) is 2.83. The molecular formula is C15H20FN3O. The van der Waals surface area contributed by atoms with Crippen LogP contribution in [0.4, 0.5) is 4.39 Å². The van der Waals surface area contributed by atoms with E-state index >= 15 is 0 Å². The van der Waals surface area contributed by atoms with Crippen molar-refractivity contribution in [2.24, 2.45) is 5.73 Å². The number of hydrogen-bond donors (Lipinski definition) is 2. The quantitative estimate of drug-likeness (QED) is 0.779. The molecule has 0 aliphatic rings. The highest BCUT2D eigenvalue weighted by atomic mass is 19.1. The van der Waals surface area contributed by atoms with Gasteiger partial charge in [0.15, 0.2) is 0 Å². The fraction of sp³-hybridized carbons (Fsp3) is 0.400. The predicted octanol–water partition coefficient (Wildman–Crippen LogP) is 0.704. The first kappa shape index (κ1) is 16.2. The summed E-state index contributed by atoms with van der Waals surface area (Å²) in [6.45, 7) is 1.28. The van der Waals surface area contributed by atoms with Crippen molar-refractivity contribution < 1.29 is 9.18 Å². The van der Waals surface area contributed by atoms with Gasteiger partial charge >= 0.3 is 0 Å². The molecule has 0 aliphatic carbocycles. The van der Waals surface area contributed by atoms with Crippen molar-refractivity contribution in [2.45, 2.75) is 13.0 Å². The summed E-state index contributed by atoms with van der Waals surface area (Å²) < 4.78 is 13.9. The summed E-state index contributed by atoms with van der Waals surface area (Å²) in [4.78, 5) is 13.0. The topological polar surface area (TPSA) is 58.4 Å². The Kier molecular flexibility index (Phi) is 6.71. The molecule has 4 nitrogen and oxygen atoms in total. The van der Waals surface area contributed by atoms with Crippen molar-refractivity contribution in [3.05, 3.63) is 35.1 Å². The lowest BCUT2D eigenvalue weighted by Gasteiger charge is -2.16. The maximum absolute atomic E-state index is 13.9. The van der Waals surface area contributed by atoms with Crippen molar-refractivity contribution >= 4 is 5.91 Å². The van der Waals surface area contributed by atoms with Gasteiger partial charge in [-0.05, 0) is 19.2 Å². The second-order valence-corrected chi connectivity index (χ2v) is 4.47. The molecule has 1 aromatic rings. The summed E-state index contributed by atoms with van der Waals surface area (Å²) in [6, 6.07) is 4.89. The van der Waals surface area contributed by atoms with E-state index in [-0.39, 0.29) is 18.3 Å². The molecule has 1 amide bonds. The van der Waals surface area contributed by atoms with E-state index in [0.717, 1.165) is 0 Å². The van der Waals surface area contributed by atoms with Crippen LogP contribution in [-0.4, -0.2) is 38.0 Å². The van der Waals surface area contributed by atoms with Crippen LogP contribution in [0.1, 0.15) is 17.5 Å². The SMILES string of the molecule is CNC(=O)CCN(C)Cc1ccc(C#CCN)cc1F. The van der Waals surface area contributed by atoms with Crippen LogP contribution in [0.15, 0.2) is 18.2 Å². The minimum absolute atomic E-state index is 0.0234. The number of benzene rings is 1. The Labute approximate surface area is 119 Å². The Morgan fingerprint density at radius 2 is 2.25 bits per heavy atom. The van der Waals surface area contributed by atoms with E-state index in [1.807, 2.05) is 11.9 Å². The fourth-order valence-corrected chi connectivity index (χ4v) is 1.69. The Balaban J connectivity index is 2.61. The molecule has 5 heteroatoms. The lowest BCUT2D eigenvalue weighted by Crippen LogP contribution is -2.26. The molecule has 20 heavy (non-hydrogen) atoms. The minimum Gasteiger partial charge on any atom is -0.359 e. The average Bonchev–Trinajstić information content (AvgIpc) is 2.45. The Morgan fingerprint density at radius 3 is 2.85 bits per heavy atom. The smallest absolute Gasteiger partial charge is 0.221 e. The van der Waals surface area contributed by atoms with E-state index in [4.69, 9.17) is 5.73 Å². The highest BCUT2D eigenvalue weighted by Gasteiger charge is 2.08. The van der Waals surface area contributed by atoms with Crippen molar-refractivity contribution in [2.75, 3.05) is 27.2 Å². The summed E-state index contributed by atoms with van der Waals surface area (Å²) in [5.41, 5.74) is 6.47. The highest BCUT2D eigenvalue weighted by molar-refractivity contribution is 5.75. The van der Waals surface area contributed by atoms with Crippen molar-refractivity contribution in [3.8, 4) is 11.8 Å². The first-order chi connectivity index (χ1) is 9.56. The summed E-state index contributed by atoms with van der Waals surface area (Å²) in [5.74, 6) is 5.16. The van der Waals surface area contributed by atoms with Crippen LogP contribution in [0, 0.1) is 17.7 Å². The molecule has 1 aromatic carbocycles. The van der Waals surface area contributed by atoms with Gasteiger partial charge in [0.1, 0.15) is 5.82 Å². The Bertz CT molecular complexity index is 520. The molecule has 0 aromatic heterocycles. The molecule has 0 bridgehead atoms. The molecule has 0 fully saturated rings. The number of halogens is 1. The lowest BCUT2D eigenvalue weighted by atomic mass is 10.1. The largest absolute Gasteiger partial charge is 0.359 e. The first-order valence-corrected chi connectivity index (χ1v) is 6.43. The number of carbonyl (C=O) groups is 1. The maximum atomic E-state index is 13.9. The van der Waals surface area contributed by atoms with Crippen LogP contribution >= 0.6 is 0 Å².